The Morgan fingerprint density at radius 3 is 2.06 bits per heavy atom. The fourth-order valence-corrected chi connectivity index (χ4v) is 3.96. The summed E-state index contributed by atoms with van der Waals surface area (Å²) in [5, 5.41) is 19.1. The maximum absolute atomic E-state index is 5.91. The van der Waals surface area contributed by atoms with E-state index in [0.717, 1.165) is 39.3 Å². The number of fused-ring (bicyclic) bond motifs is 3. The van der Waals surface area contributed by atoms with Crippen molar-refractivity contribution in [3.63, 3.8) is 0 Å². The Kier molecular flexibility index (Phi) is 5.20. The average Bonchev–Trinajstić information content (AvgIpc) is 3.35. The van der Waals surface area contributed by atoms with Crippen molar-refractivity contribution in [1.29, 1.82) is 0 Å². The number of rotatable bonds is 6. The number of anilines is 2. The van der Waals surface area contributed by atoms with Crippen molar-refractivity contribution >= 4 is 27.9 Å². The zero-order chi connectivity index (χ0) is 23.6. The van der Waals surface area contributed by atoms with Crippen LogP contribution in [0, 0.1) is 0 Å². The van der Waals surface area contributed by atoms with Crippen molar-refractivity contribution in [3.05, 3.63) is 103 Å². The number of para-hydroxylation sites is 1. The Bertz CT molecular complexity index is 1610. The fraction of sp³-hybridized carbons (Fsp3) is 0.0357. The summed E-state index contributed by atoms with van der Waals surface area (Å²) in [5.41, 5.74) is 2.49. The number of hydrogen-bond donors (Lipinski definition) is 1. The first-order chi connectivity index (χ1) is 17.3. The minimum absolute atomic E-state index is 0.656. The second-order valence-corrected chi connectivity index (χ2v) is 7.95. The van der Waals surface area contributed by atoms with Gasteiger partial charge in [0.15, 0.2) is 17.3 Å². The van der Waals surface area contributed by atoms with Crippen LogP contribution in [-0.4, -0.2) is 26.9 Å². The fourth-order valence-electron chi connectivity index (χ4n) is 3.96. The molecule has 6 aromatic rings. The number of methoxy groups -OCH3 is 1. The molecule has 35 heavy (non-hydrogen) atoms. The van der Waals surface area contributed by atoms with Crippen molar-refractivity contribution in [3.8, 4) is 28.6 Å². The minimum atomic E-state index is 0.656. The van der Waals surface area contributed by atoms with E-state index < -0.39 is 0 Å². The highest BCUT2D eigenvalue weighted by atomic mass is 16.5. The lowest BCUT2D eigenvalue weighted by atomic mass is 10.1. The van der Waals surface area contributed by atoms with Crippen LogP contribution < -0.4 is 14.8 Å². The van der Waals surface area contributed by atoms with Crippen molar-refractivity contribution in [2.24, 2.45) is 0 Å². The van der Waals surface area contributed by atoms with Gasteiger partial charge in [-0.3, -0.25) is 0 Å². The first kappa shape index (κ1) is 20.7. The smallest absolute Gasteiger partial charge is 0.186 e. The molecule has 0 radical (unpaired) electrons. The number of hydrogen-bond acceptors (Lipinski definition) is 6. The summed E-state index contributed by atoms with van der Waals surface area (Å²) in [6.45, 7) is 0. The van der Waals surface area contributed by atoms with Crippen molar-refractivity contribution in [1.82, 2.24) is 19.8 Å². The number of ether oxygens (including phenoxy) is 2. The first-order valence-electron chi connectivity index (χ1n) is 11.2. The molecule has 6 rings (SSSR count). The molecular weight excluding hydrogens is 438 g/mol. The van der Waals surface area contributed by atoms with E-state index in [2.05, 4.69) is 15.5 Å². The summed E-state index contributed by atoms with van der Waals surface area (Å²) >= 11 is 0. The van der Waals surface area contributed by atoms with Crippen molar-refractivity contribution < 1.29 is 9.47 Å². The summed E-state index contributed by atoms with van der Waals surface area (Å²) in [7, 11) is 1.65. The highest BCUT2D eigenvalue weighted by molar-refractivity contribution is 6.01. The molecule has 170 valence electrons. The van der Waals surface area contributed by atoms with E-state index >= 15 is 0 Å². The molecular formula is C28H21N5O2. The molecule has 0 amide bonds. The van der Waals surface area contributed by atoms with E-state index in [0.29, 0.717) is 17.3 Å². The van der Waals surface area contributed by atoms with E-state index in [-0.39, 0.29) is 0 Å². The maximum Gasteiger partial charge on any atom is 0.186 e. The van der Waals surface area contributed by atoms with Crippen LogP contribution in [0.1, 0.15) is 0 Å². The van der Waals surface area contributed by atoms with Crippen LogP contribution in [0.3, 0.4) is 0 Å². The molecule has 4 aromatic carbocycles. The molecule has 0 aliphatic rings. The van der Waals surface area contributed by atoms with Gasteiger partial charge >= 0.3 is 0 Å². The summed E-state index contributed by atoms with van der Waals surface area (Å²) in [4.78, 5) is 0. The van der Waals surface area contributed by atoms with E-state index in [9.17, 15) is 0 Å². The molecule has 0 bridgehead atoms. The zero-order valence-corrected chi connectivity index (χ0v) is 18.9. The number of nitrogens with zero attached hydrogens (tertiary/aromatic N) is 4. The van der Waals surface area contributed by atoms with E-state index in [1.165, 1.54) is 0 Å². The second-order valence-electron chi connectivity index (χ2n) is 7.95. The van der Waals surface area contributed by atoms with Crippen LogP contribution in [-0.2, 0) is 0 Å². The van der Waals surface area contributed by atoms with Crippen molar-refractivity contribution in [2.75, 3.05) is 12.4 Å². The topological polar surface area (TPSA) is 73.6 Å². The summed E-state index contributed by atoms with van der Waals surface area (Å²) in [5.74, 6) is 3.70. The van der Waals surface area contributed by atoms with E-state index in [1.807, 2.05) is 103 Å². The lowest BCUT2D eigenvalue weighted by Crippen LogP contribution is -2.02. The van der Waals surface area contributed by atoms with Crippen LogP contribution in [0.25, 0.3) is 27.8 Å². The number of benzene rings is 4. The Morgan fingerprint density at radius 2 is 1.31 bits per heavy atom. The van der Waals surface area contributed by atoms with Gasteiger partial charge in [0.05, 0.1) is 7.11 Å². The van der Waals surface area contributed by atoms with Crippen LogP contribution in [0.5, 0.6) is 17.2 Å². The zero-order valence-electron chi connectivity index (χ0n) is 18.9. The molecule has 0 fully saturated rings. The minimum Gasteiger partial charge on any atom is -0.497 e. The van der Waals surface area contributed by atoms with Crippen molar-refractivity contribution in [2.45, 2.75) is 0 Å². The largest absolute Gasteiger partial charge is 0.497 e. The summed E-state index contributed by atoms with van der Waals surface area (Å²) in [6.07, 6.45) is 0. The normalized spacial score (nSPS) is 11.0. The molecule has 0 aliphatic heterocycles. The Hall–Kier alpha value is -4.91. The van der Waals surface area contributed by atoms with Crippen LogP contribution in [0.2, 0.25) is 0 Å². The number of nitrogens with one attached hydrogen (secondary N) is 1. The van der Waals surface area contributed by atoms with Gasteiger partial charge in [0.1, 0.15) is 17.2 Å². The van der Waals surface area contributed by atoms with Gasteiger partial charge in [-0.15, -0.1) is 15.3 Å². The molecule has 0 spiro atoms. The average molecular weight is 460 g/mol. The molecule has 0 saturated heterocycles. The third kappa shape index (κ3) is 4.00. The van der Waals surface area contributed by atoms with Crippen LogP contribution >= 0.6 is 0 Å². The number of aromatic nitrogens is 4. The highest BCUT2D eigenvalue weighted by Crippen LogP contribution is 2.30. The quantitative estimate of drug-likeness (QED) is 0.307. The van der Waals surface area contributed by atoms with Gasteiger partial charge in [-0.1, -0.05) is 42.5 Å². The van der Waals surface area contributed by atoms with E-state index in [4.69, 9.17) is 14.6 Å². The third-order valence-corrected chi connectivity index (χ3v) is 5.71. The van der Waals surface area contributed by atoms with Crippen LogP contribution in [0.15, 0.2) is 103 Å². The monoisotopic (exact) mass is 459 g/mol. The molecule has 0 atom stereocenters. The van der Waals surface area contributed by atoms with Crippen LogP contribution in [0.4, 0.5) is 11.5 Å². The molecule has 0 unspecified atom stereocenters. The lowest BCUT2D eigenvalue weighted by molar-refractivity contribution is 0.415. The molecule has 7 nitrogen and oxygen atoms in total. The maximum atomic E-state index is 5.91. The lowest BCUT2D eigenvalue weighted by Gasteiger charge is -2.12. The Labute approximate surface area is 201 Å². The highest BCUT2D eigenvalue weighted by Gasteiger charge is 2.15. The summed E-state index contributed by atoms with van der Waals surface area (Å²) < 4.78 is 13.0. The van der Waals surface area contributed by atoms with Gasteiger partial charge < -0.3 is 14.8 Å². The van der Waals surface area contributed by atoms with Gasteiger partial charge in [-0.05, 0) is 60.7 Å². The first-order valence-corrected chi connectivity index (χ1v) is 11.2. The molecule has 0 aliphatic carbocycles. The molecule has 1 N–H and O–H groups in total. The molecule has 7 heteroatoms. The molecule has 0 saturated carbocycles. The van der Waals surface area contributed by atoms with Gasteiger partial charge in [0.25, 0.3) is 0 Å². The predicted molar refractivity (Wildman–Crippen MR) is 137 cm³/mol. The standard InChI is InChI=1S/C28H21N5O2/c1-34-21-15-11-19(12-16-21)27-30-31-28-25-10-6-5-9-24(25)26(32-33(27)28)29-20-13-17-23(18-14-20)35-22-7-3-2-4-8-22/h2-18H,1H3,(H,29,32). The molecule has 2 aromatic heterocycles. The third-order valence-electron chi connectivity index (χ3n) is 5.71. The Balaban J connectivity index is 1.37. The second kappa shape index (κ2) is 8.79. The van der Waals surface area contributed by atoms with Gasteiger partial charge in [0, 0.05) is 22.0 Å². The van der Waals surface area contributed by atoms with Gasteiger partial charge in [-0.2, -0.15) is 4.52 Å². The predicted octanol–water partition coefficient (Wildman–Crippen LogP) is 6.49. The van der Waals surface area contributed by atoms with Gasteiger partial charge in [0.2, 0.25) is 0 Å². The summed E-state index contributed by atoms with van der Waals surface area (Å²) in [6, 6.07) is 33.2. The van der Waals surface area contributed by atoms with E-state index in [1.54, 1.807) is 11.6 Å². The SMILES string of the molecule is COc1ccc(-c2nnc3c4ccccc4c(Nc4ccc(Oc5ccccc5)cc4)nn23)cc1. The Morgan fingerprint density at radius 1 is 0.657 bits per heavy atom. The van der Waals surface area contributed by atoms with Gasteiger partial charge in [-0.25, -0.2) is 0 Å². The molecule has 2 heterocycles.